The van der Waals surface area contributed by atoms with E-state index in [4.69, 9.17) is 21.1 Å². The normalized spacial score (nSPS) is 10.6. The highest BCUT2D eigenvalue weighted by molar-refractivity contribution is 6.29. The maximum atomic E-state index is 5.67. The van der Waals surface area contributed by atoms with Gasteiger partial charge in [-0.05, 0) is 18.1 Å². The van der Waals surface area contributed by atoms with Gasteiger partial charge in [0.1, 0.15) is 5.15 Å². The number of halogens is 1. The number of rotatable bonds is 8. The maximum Gasteiger partial charge on any atom is 0.129 e. The maximum absolute atomic E-state index is 5.67. The summed E-state index contributed by atoms with van der Waals surface area (Å²) < 4.78 is 10.8. The van der Waals surface area contributed by atoms with Crippen molar-refractivity contribution in [1.29, 1.82) is 0 Å². The van der Waals surface area contributed by atoms with E-state index in [1.165, 1.54) is 0 Å². The van der Waals surface area contributed by atoms with Gasteiger partial charge < -0.3 is 9.47 Å². The summed E-state index contributed by atoms with van der Waals surface area (Å²) in [5.41, 5.74) is 1.03. The van der Waals surface area contributed by atoms with Gasteiger partial charge in [-0.1, -0.05) is 31.0 Å². The van der Waals surface area contributed by atoms with Gasteiger partial charge in [0.15, 0.2) is 0 Å². The molecule has 0 amide bonds. The van der Waals surface area contributed by atoms with Crippen molar-refractivity contribution in [3.8, 4) is 0 Å². The number of unbranched alkanes of at least 4 members (excludes halogenated alkanes) is 1. The molecule has 16 heavy (non-hydrogen) atoms. The van der Waals surface area contributed by atoms with Gasteiger partial charge in [-0.3, -0.25) is 0 Å². The van der Waals surface area contributed by atoms with Crippen molar-refractivity contribution in [2.75, 3.05) is 19.8 Å². The summed E-state index contributed by atoms with van der Waals surface area (Å²) in [5, 5.41) is 0.506. The van der Waals surface area contributed by atoms with Crippen molar-refractivity contribution in [2.24, 2.45) is 0 Å². The van der Waals surface area contributed by atoms with Crippen LogP contribution in [0.5, 0.6) is 0 Å². The summed E-state index contributed by atoms with van der Waals surface area (Å²) in [6.45, 7) is 4.80. The summed E-state index contributed by atoms with van der Waals surface area (Å²) in [5.74, 6) is 0. The van der Waals surface area contributed by atoms with E-state index < -0.39 is 0 Å². The van der Waals surface area contributed by atoms with Gasteiger partial charge in [0.25, 0.3) is 0 Å². The Hall–Kier alpha value is -0.640. The Morgan fingerprint density at radius 2 is 2.00 bits per heavy atom. The van der Waals surface area contributed by atoms with Gasteiger partial charge in [-0.2, -0.15) is 0 Å². The lowest BCUT2D eigenvalue weighted by Gasteiger charge is -2.05. The van der Waals surface area contributed by atoms with Gasteiger partial charge in [0, 0.05) is 12.8 Å². The number of hydrogen-bond acceptors (Lipinski definition) is 3. The second-order valence-corrected chi connectivity index (χ2v) is 3.89. The standard InChI is InChI=1S/C12H18ClNO2/c1-2-3-6-15-7-8-16-10-11-4-5-12(13)14-9-11/h4-5,9H,2-3,6-8,10H2,1H3. The Kier molecular flexibility index (Phi) is 7.14. The Bertz CT molecular complexity index is 277. The molecule has 0 saturated heterocycles. The van der Waals surface area contributed by atoms with Crippen molar-refractivity contribution in [3.05, 3.63) is 29.0 Å². The average molecular weight is 244 g/mol. The second-order valence-electron chi connectivity index (χ2n) is 3.51. The third-order valence-corrected chi connectivity index (χ3v) is 2.30. The quantitative estimate of drug-likeness (QED) is 0.520. The van der Waals surface area contributed by atoms with Gasteiger partial charge in [0.2, 0.25) is 0 Å². The first-order valence-corrected chi connectivity index (χ1v) is 5.96. The Morgan fingerprint density at radius 1 is 1.19 bits per heavy atom. The number of ether oxygens (including phenoxy) is 2. The topological polar surface area (TPSA) is 31.4 Å². The molecule has 0 bridgehead atoms. The van der Waals surface area contributed by atoms with Gasteiger partial charge >= 0.3 is 0 Å². The highest BCUT2D eigenvalue weighted by atomic mass is 35.5. The molecule has 0 aliphatic heterocycles. The fraction of sp³-hybridized carbons (Fsp3) is 0.583. The molecule has 0 aliphatic rings. The molecule has 1 heterocycles. The third kappa shape index (κ3) is 6.05. The molecule has 0 N–H and O–H groups in total. The first kappa shape index (κ1) is 13.4. The van der Waals surface area contributed by atoms with Gasteiger partial charge in [-0.25, -0.2) is 4.98 Å². The fourth-order valence-corrected chi connectivity index (χ4v) is 1.26. The number of aromatic nitrogens is 1. The highest BCUT2D eigenvalue weighted by Gasteiger charge is 1.94. The summed E-state index contributed by atoms with van der Waals surface area (Å²) in [6.07, 6.45) is 4.00. The highest BCUT2D eigenvalue weighted by Crippen LogP contribution is 2.05. The SMILES string of the molecule is CCCCOCCOCc1ccc(Cl)nc1. The molecular formula is C12H18ClNO2. The molecule has 0 aromatic carbocycles. The lowest BCUT2D eigenvalue weighted by molar-refractivity contribution is 0.0396. The molecule has 4 heteroatoms. The summed E-state index contributed by atoms with van der Waals surface area (Å²) in [4.78, 5) is 3.97. The Morgan fingerprint density at radius 3 is 2.69 bits per heavy atom. The average Bonchev–Trinajstić information content (AvgIpc) is 2.30. The van der Waals surface area contributed by atoms with E-state index in [-0.39, 0.29) is 0 Å². The smallest absolute Gasteiger partial charge is 0.129 e. The van der Waals surface area contributed by atoms with E-state index in [9.17, 15) is 0 Å². The number of nitrogens with zero attached hydrogens (tertiary/aromatic N) is 1. The van der Waals surface area contributed by atoms with Crippen LogP contribution in [0.1, 0.15) is 25.3 Å². The van der Waals surface area contributed by atoms with Crippen LogP contribution >= 0.6 is 11.6 Å². The number of hydrogen-bond donors (Lipinski definition) is 0. The van der Waals surface area contributed by atoms with Crippen LogP contribution in [-0.2, 0) is 16.1 Å². The van der Waals surface area contributed by atoms with Crippen LogP contribution in [0.4, 0.5) is 0 Å². The molecule has 0 spiro atoms. The predicted molar refractivity (Wildman–Crippen MR) is 64.6 cm³/mol. The first-order valence-electron chi connectivity index (χ1n) is 5.59. The van der Waals surface area contributed by atoms with Gasteiger partial charge in [-0.15, -0.1) is 0 Å². The zero-order valence-electron chi connectivity index (χ0n) is 9.62. The molecule has 0 unspecified atom stereocenters. The minimum atomic E-state index is 0.506. The van der Waals surface area contributed by atoms with Crippen LogP contribution in [0.25, 0.3) is 0 Å². The molecule has 1 aromatic rings. The van der Waals surface area contributed by atoms with Crippen LogP contribution in [0.15, 0.2) is 18.3 Å². The fourth-order valence-electron chi connectivity index (χ4n) is 1.15. The summed E-state index contributed by atoms with van der Waals surface area (Å²) in [6, 6.07) is 3.67. The molecule has 1 rings (SSSR count). The minimum Gasteiger partial charge on any atom is -0.379 e. The molecule has 0 saturated carbocycles. The largest absolute Gasteiger partial charge is 0.379 e. The Labute approximate surface area is 102 Å². The molecule has 0 radical (unpaired) electrons. The molecule has 90 valence electrons. The summed E-state index contributed by atoms with van der Waals surface area (Å²) in [7, 11) is 0. The van der Waals surface area contributed by atoms with Crippen molar-refractivity contribution in [1.82, 2.24) is 4.98 Å². The van der Waals surface area contributed by atoms with Crippen molar-refractivity contribution in [3.63, 3.8) is 0 Å². The molecular weight excluding hydrogens is 226 g/mol. The Balaban J connectivity index is 2.01. The van der Waals surface area contributed by atoms with Crippen LogP contribution in [-0.4, -0.2) is 24.8 Å². The second kappa shape index (κ2) is 8.50. The lowest BCUT2D eigenvalue weighted by Crippen LogP contribution is -2.05. The number of pyridine rings is 1. The van der Waals surface area contributed by atoms with E-state index in [1.54, 1.807) is 12.3 Å². The molecule has 0 fully saturated rings. The van der Waals surface area contributed by atoms with Gasteiger partial charge in [0.05, 0.1) is 19.8 Å². The van der Waals surface area contributed by atoms with Crippen molar-refractivity contribution >= 4 is 11.6 Å². The van der Waals surface area contributed by atoms with E-state index in [2.05, 4.69) is 11.9 Å². The zero-order valence-corrected chi connectivity index (χ0v) is 10.4. The van der Waals surface area contributed by atoms with Crippen molar-refractivity contribution < 1.29 is 9.47 Å². The van der Waals surface area contributed by atoms with Crippen LogP contribution < -0.4 is 0 Å². The van der Waals surface area contributed by atoms with E-state index >= 15 is 0 Å². The zero-order chi connectivity index (χ0) is 11.6. The third-order valence-electron chi connectivity index (χ3n) is 2.07. The monoisotopic (exact) mass is 243 g/mol. The molecule has 0 aliphatic carbocycles. The predicted octanol–water partition coefficient (Wildman–Crippen LogP) is 3.07. The summed E-state index contributed by atoms with van der Waals surface area (Å²) >= 11 is 5.67. The van der Waals surface area contributed by atoms with Crippen LogP contribution in [0.3, 0.4) is 0 Å². The van der Waals surface area contributed by atoms with E-state index in [0.717, 1.165) is 25.0 Å². The molecule has 1 aromatic heterocycles. The van der Waals surface area contributed by atoms with E-state index in [1.807, 2.05) is 6.07 Å². The lowest BCUT2D eigenvalue weighted by atomic mass is 10.3. The van der Waals surface area contributed by atoms with Crippen molar-refractivity contribution in [2.45, 2.75) is 26.4 Å². The molecule has 0 atom stereocenters. The van der Waals surface area contributed by atoms with E-state index in [0.29, 0.717) is 25.0 Å². The molecule has 3 nitrogen and oxygen atoms in total. The first-order chi connectivity index (χ1) is 7.83. The minimum absolute atomic E-state index is 0.506. The van der Waals surface area contributed by atoms with Crippen LogP contribution in [0, 0.1) is 0 Å². The van der Waals surface area contributed by atoms with Crippen LogP contribution in [0.2, 0.25) is 5.15 Å².